The highest BCUT2D eigenvalue weighted by Gasteiger charge is 2.23. The molecule has 1 aliphatic heterocycles. The molecule has 26 heavy (non-hydrogen) atoms. The molecule has 2 aromatic rings. The lowest BCUT2D eigenvalue weighted by Crippen LogP contribution is -2.32. The Morgan fingerprint density at radius 3 is 2.69 bits per heavy atom. The molecule has 5 nitrogen and oxygen atoms in total. The summed E-state index contributed by atoms with van der Waals surface area (Å²) in [6, 6.07) is 9.62. The molecule has 1 fully saturated rings. The van der Waals surface area contributed by atoms with Gasteiger partial charge in [0.1, 0.15) is 5.82 Å². The summed E-state index contributed by atoms with van der Waals surface area (Å²) >= 11 is 0. The van der Waals surface area contributed by atoms with Gasteiger partial charge < -0.3 is 4.90 Å². The molecular weight excluding hydrogens is 333 g/mol. The van der Waals surface area contributed by atoms with Crippen LogP contribution in [-0.4, -0.2) is 23.0 Å². The highest BCUT2D eigenvalue weighted by molar-refractivity contribution is 5.59. The van der Waals surface area contributed by atoms with Crippen LogP contribution in [-0.2, 0) is 0 Å². The number of hydrogen-bond donors (Lipinski definition) is 0. The standard InChI is InChI=1S/C20H20FN3O2/c1-15-8-9-19(24(25)26)20(22-15)23-12-10-16(11-13-23)4-2-5-17-6-3-7-18(21)14-17/h2-9,14H,10-13H2,1H3. The zero-order chi connectivity index (χ0) is 18.5. The molecule has 0 radical (unpaired) electrons. The predicted molar refractivity (Wildman–Crippen MR) is 101 cm³/mol. The van der Waals surface area contributed by atoms with E-state index in [1.807, 2.05) is 36.1 Å². The van der Waals surface area contributed by atoms with Crippen molar-refractivity contribution in [3.05, 3.63) is 81.3 Å². The molecule has 6 heteroatoms. The smallest absolute Gasteiger partial charge is 0.311 e. The molecule has 0 unspecified atom stereocenters. The predicted octanol–water partition coefficient (Wildman–Crippen LogP) is 4.68. The molecule has 0 aliphatic carbocycles. The molecule has 1 aromatic carbocycles. The lowest BCUT2D eigenvalue weighted by Gasteiger charge is -2.29. The average Bonchev–Trinajstić information content (AvgIpc) is 2.62. The van der Waals surface area contributed by atoms with Crippen molar-refractivity contribution in [2.75, 3.05) is 18.0 Å². The highest BCUT2D eigenvalue weighted by atomic mass is 19.1. The van der Waals surface area contributed by atoms with Crippen LogP contribution in [0.2, 0.25) is 0 Å². The van der Waals surface area contributed by atoms with Crippen LogP contribution in [0.25, 0.3) is 6.08 Å². The van der Waals surface area contributed by atoms with Crippen LogP contribution in [0.3, 0.4) is 0 Å². The summed E-state index contributed by atoms with van der Waals surface area (Å²) in [5, 5.41) is 11.2. The number of pyridine rings is 1. The summed E-state index contributed by atoms with van der Waals surface area (Å²) in [6.07, 6.45) is 7.48. The number of allylic oxidation sites excluding steroid dienone is 2. The summed E-state index contributed by atoms with van der Waals surface area (Å²) in [7, 11) is 0. The molecule has 0 atom stereocenters. The van der Waals surface area contributed by atoms with Crippen molar-refractivity contribution in [3.63, 3.8) is 0 Å². The SMILES string of the molecule is Cc1ccc([N+](=O)[O-])c(N2CCC(=CC=Cc3cccc(F)c3)CC2)n1. The van der Waals surface area contributed by atoms with E-state index in [2.05, 4.69) is 4.98 Å². The Morgan fingerprint density at radius 1 is 1.23 bits per heavy atom. The van der Waals surface area contributed by atoms with E-state index < -0.39 is 0 Å². The molecule has 1 aromatic heterocycles. The van der Waals surface area contributed by atoms with Gasteiger partial charge in [0.25, 0.3) is 0 Å². The molecule has 0 bridgehead atoms. The molecule has 0 amide bonds. The molecule has 0 spiro atoms. The van der Waals surface area contributed by atoms with Gasteiger partial charge in [0.05, 0.1) is 4.92 Å². The van der Waals surface area contributed by atoms with E-state index in [9.17, 15) is 14.5 Å². The Bertz CT molecular complexity index is 867. The minimum absolute atomic E-state index is 0.0500. The van der Waals surface area contributed by atoms with E-state index in [4.69, 9.17) is 0 Å². The maximum atomic E-state index is 13.2. The van der Waals surface area contributed by atoms with Gasteiger partial charge in [-0.25, -0.2) is 9.37 Å². The van der Waals surface area contributed by atoms with Gasteiger partial charge in [0.15, 0.2) is 0 Å². The summed E-state index contributed by atoms with van der Waals surface area (Å²) in [6.45, 7) is 3.22. The summed E-state index contributed by atoms with van der Waals surface area (Å²) < 4.78 is 13.2. The number of rotatable bonds is 4. The Labute approximate surface area is 151 Å². The number of nitrogens with zero attached hydrogens (tertiary/aromatic N) is 3. The summed E-state index contributed by atoms with van der Waals surface area (Å²) in [5.41, 5.74) is 2.90. The lowest BCUT2D eigenvalue weighted by atomic mass is 10.0. The first-order valence-corrected chi connectivity index (χ1v) is 8.51. The van der Waals surface area contributed by atoms with E-state index in [0.717, 1.165) is 24.1 Å². The second kappa shape index (κ2) is 7.91. The highest BCUT2D eigenvalue weighted by Crippen LogP contribution is 2.29. The maximum absolute atomic E-state index is 13.2. The van der Waals surface area contributed by atoms with Gasteiger partial charge in [-0.2, -0.15) is 0 Å². The van der Waals surface area contributed by atoms with E-state index >= 15 is 0 Å². The largest absolute Gasteiger partial charge is 0.350 e. The first kappa shape index (κ1) is 17.8. The van der Waals surface area contributed by atoms with Crippen LogP contribution in [0.5, 0.6) is 0 Å². The lowest BCUT2D eigenvalue weighted by molar-refractivity contribution is -0.384. The zero-order valence-electron chi connectivity index (χ0n) is 14.6. The van der Waals surface area contributed by atoms with Crippen LogP contribution < -0.4 is 4.90 Å². The van der Waals surface area contributed by atoms with Gasteiger partial charge in [-0.05, 0) is 43.5 Å². The molecule has 0 N–H and O–H groups in total. The van der Waals surface area contributed by atoms with Crippen molar-refractivity contribution in [1.29, 1.82) is 0 Å². The molecule has 134 valence electrons. The third-order valence-corrected chi connectivity index (χ3v) is 4.36. The number of anilines is 1. The zero-order valence-corrected chi connectivity index (χ0v) is 14.6. The molecule has 1 aliphatic rings. The minimum Gasteiger partial charge on any atom is -0.350 e. The second-order valence-corrected chi connectivity index (χ2v) is 6.28. The van der Waals surface area contributed by atoms with Gasteiger partial charge in [-0.1, -0.05) is 35.9 Å². The normalized spacial score (nSPS) is 14.7. The second-order valence-electron chi connectivity index (χ2n) is 6.28. The third kappa shape index (κ3) is 4.33. The van der Waals surface area contributed by atoms with Crippen molar-refractivity contribution >= 4 is 17.6 Å². The topological polar surface area (TPSA) is 59.3 Å². The number of piperidine rings is 1. The number of aryl methyl sites for hydroxylation is 1. The van der Waals surface area contributed by atoms with Gasteiger partial charge in [0, 0.05) is 24.8 Å². The average molecular weight is 353 g/mol. The van der Waals surface area contributed by atoms with Crippen molar-refractivity contribution in [2.45, 2.75) is 19.8 Å². The van der Waals surface area contributed by atoms with Gasteiger partial charge in [-0.3, -0.25) is 10.1 Å². The monoisotopic (exact) mass is 353 g/mol. The van der Waals surface area contributed by atoms with Crippen LogP contribution in [0.1, 0.15) is 24.1 Å². The third-order valence-electron chi connectivity index (χ3n) is 4.36. The molecule has 0 saturated carbocycles. The van der Waals surface area contributed by atoms with Crippen LogP contribution in [0, 0.1) is 22.9 Å². The fourth-order valence-corrected chi connectivity index (χ4v) is 2.99. The fraction of sp³-hybridized carbons (Fsp3) is 0.250. The van der Waals surface area contributed by atoms with Crippen LogP contribution in [0.4, 0.5) is 15.9 Å². The number of hydrogen-bond acceptors (Lipinski definition) is 4. The number of benzene rings is 1. The molecular formula is C20H20FN3O2. The van der Waals surface area contributed by atoms with E-state index in [-0.39, 0.29) is 16.4 Å². The van der Waals surface area contributed by atoms with Crippen molar-refractivity contribution in [2.24, 2.45) is 0 Å². The maximum Gasteiger partial charge on any atom is 0.311 e. The Hall–Kier alpha value is -3.02. The Balaban J connectivity index is 1.66. The Kier molecular flexibility index (Phi) is 5.41. The van der Waals surface area contributed by atoms with E-state index in [1.54, 1.807) is 12.1 Å². The van der Waals surface area contributed by atoms with E-state index in [1.165, 1.54) is 23.8 Å². The van der Waals surface area contributed by atoms with Crippen molar-refractivity contribution in [3.8, 4) is 0 Å². The first-order chi connectivity index (χ1) is 12.5. The minimum atomic E-state index is -0.380. The van der Waals surface area contributed by atoms with E-state index in [0.29, 0.717) is 18.9 Å². The molecule has 1 saturated heterocycles. The van der Waals surface area contributed by atoms with Gasteiger partial charge >= 0.3 is 5.69 Å². The molecule has 3 rings (SSSR count). The summed E-state index contributed by atoms with van der Waals surface area (Å²) in [5.74, 6) is 0.199. The summed E-state index contributed by atoms with van der Waals surface area (Å²) in [4.78, 5) is 17.2. The number of nitro groups is 1. The molecule has 2 heterocycles. The number of halogens is 1. The van der Waals surface area contributed by atoms with Gasteiger partial charge in [-0.15, -0.1) is 0 Å². The van der Waals surface area contributed by atoms with Crippen LogP contribution >= 0.6 is 0 Å². The number of aromatic nitrogens is 1. The fourth-order valence-electron chi connectivity index (χ4n) is 2.99. The Morgan fingerprint density at radius 2 is 2.00 bits per heavy atom. The van der Waals surface area contributed by atoms with Crippen molar-refractivity contribution in [1.82, 2.24) is 4.98 Å². The van der Waals surface area contributed by atoms with Crippen LogP contribution in [0.15, 0.2) is 54.1 Å². The van der Waals surface area contributed by atoms with Crippen molar-refractivity contribution < 1.29 is 9.31 Å². The van der Waals surface area contributed by atoms with Gasteiger partial charge in [0.2, 0.25) is 5.82 Å². The first-order valence-electron chi connectivity index (χ1n) is 8.51. The quantitative estimate of drug-likeness (QED) is 0.592.